The Morgan fingerprint density at radius 2 is 1.34 bits per heavy atom. The van der Waals surface area contributed by atoms with Crippen LogP contribution < -0.4 is 10.6 Å². The molecule has 5 heteroatoms. The van der Waals surface area contributed by atoms with Crippen LogP contribution in [0.25, 0.3) is 0 Å². The molecule has 0 atom stereocenters. The molecule has 0 unspecified atom stereocenters. The van der Waals surface area contributed by atoms with Crippen molar-refractivity contribution in [3.05, 3.63) is 35.4 Å². The lowest BCUT2D eigenvalue weighted by molar-refractivity contribution is -0.0297. The minimum absolute atomic E-state index is 0.0287. The monoisotopic (exact) mass is 490 g/mol. The molecule has 1 aromatic carbocycles. The number of rotatable bonds is 15. The van der Waals surface area contributed by atoms with Crippen LogP contribution in [-0.4, -0.2) is 43.0 Å². The summed E-state index contributed by atoms with van der Waals surface area (Å²) in [4.78, 5) is 25.9. The smallest absolute Gasteiger partial charge is 0.251 e. The summed E-state index contributed by atoms with van der Waals surface area (Å²) >= 11 is 0. The molecule has 0 aromatic heterocycles. The summed E-state index contributed by atoms with van der Waals surface area (Å²) in [6.07, 6.45) is 3.42. The third-order valence-corrected chi connectivity index (χ3v) is 5.96. The van der Waals surface area contributed by atoms with Gasteiger partial charge >= 0.3 is 0 Å². The summed E-state index contributed by atoms with van der Waals surface area (Å²) in [5.41, 5.74) is 0.659. The van der Waals surface area contributed by atoms with E-state index in [1.54, 1.807) is 24.3 Å². The number of carbonyl (C=O) groups is 2. The second-order valence-electron chi connectivity index (χ2n) is 11.4. The highest BCUT2D eigenvalue weighted by molar-refractivity contribution is 6.00. The summed E-state index contributed by atoms with van der Waals surface area (Å²) in [5.74, 6) is 1.03. The Kier molecular flexibility index (Phi) is 15.3. The second kappa shape index (κ2) is 16.1. The Bertz CT molecular complexity index is 726. The summed E-state index contributed by atoms with van der Waals surface area (Å²) in [6, 6.07) is 7.12. The maximum Gasteiger partial charge on any atom is 0.251 e. The Hall–Kier alpha value is -1.72. The number of hydrogen-bond acceptors (Lipinski definition) is 4. The van der Waals surface area contributed by atoms with Gasteiger partial charge in [0.25, 0.3) is 5.91 Å². The summed E-state index contributed by atoms with van der Waals surface area (Å²) in [7, 11) is 1.94. The zero-order valence-corrected chi connectivity index (χ0v) is 24.5. The van der Waals surface area contributed by atoms with E-state index in [0.29, 0.717) is 36.0 Å². The molecule has 0 aliphatic carbocycles. The van der Waals surface area contributed by atoms with E-state index in [1.807, 2.05) is 34.7 Å². The van der Waals surface area contributed by atoms with Gasteiger partial charge in [0.2, 0.25) is 0 Å². The number of ether oxygens (including phenoxy) is 1. The molecule has 5 nitrogen and oxygen atoms in total. The zero-order valence-electron chi connectivity index (χ0n) is 24.5. The van der Waals surface area contributed by atoms with Crippen molar-refractivity contribution >= 4 is 11.7 Å². The molecule has 0 heterocycles. The van der Waals surface area contributed by atoms with Crippen molar-refractivity contribution in [1.82, 2.24) is 10.6 Å². The fourth-order valence-corrected chi connectivity index (χ4v) is 3.99. The maximum atomic E-state index is 13.1. The van der Waals surface area contributed by atoms with Crippen molar-refractivity contribution in [3.8, 4) is 0 Å². The van der Waals surface area contributed by atoms with Crippen LogP contribution in [0.4, 0.5) is 0 Å². The van der Waals surface area contributed by atoms with E-state index in [1.165, 1.54) is 0 Å². The number of nitrogens with one attached hydrogen (secondary N) is 2. The van der Waals surface area contributed by atoms with Crippen LogP contribution in [0.1, 0.15) is 116 Å². The Morgan fingerprint density at radius 1 is 0.857 bits per heavy atom. The van der Waals surface area contributed by atoms with Gasteiger partial charge in [-0.25, -0.2) is 0 Å². The zero-order chi connectivity index (χ0) is 27.2. The molecule has 1 amide bonds. The Balaban J connectivity index is 0.00000562. The molecule has 0 saturated carbocycles. The van der Waals surface area contributed by atoms with Gasteiger partial charge in [0.15, 0.2) is 5.78 Å². The van der Waals surface area contributed by atoms with E-state index >= 15 is 0 Å². The predicted octanol–water partition coefficient (Wildman–Crippen LogP) is 6.91. The molecule has 35 heavy (non-hydrogen) atoms. The van der Waals surface area contributed by atoms with Crippen molar-refractivity contribution in [2.75, 3.05) is 20.2 Å². The topological polar surface area (TPSA) is 67.4 Å². The molecule has 0 radical (unpaired) electrons. The highest BCUT2D eigenvalue weighted by Crippen LogP contribution is 2.25. The molecule has 2 N–H and O–H groups in total. The van der Waals surface area contributed by atoms with Gasteiger partial charge in [0.1, 0.15) is 0 Å². The van der Waals surface area contributed by atoms with Crippen molar-refractivity contribution in [3.63, 3.8) is 0 Å². The van der Waals surface area contributed by atoms with Gasteiger partial charge in [-0.3, -0.25) is 9.59 Å². The number of benzene rings is 1. The summed E-state index contributed by atoms with van der Waals surface area (Å²) in [6.45, 7) is 22.3. The molecule has 1 rings (SSSR count). The number of hydrogen-bond donors (Lipinski definition) is 2. The molecule has 0 bridgehead atoms. The normalized spacial score (nSPS) is 12.1. The van der Waals surface area contributed by atoms with Crippen LogP contribution in [0.2, 0.25) is 0 Å². The lowest BCUT2D eigenvalue weighted by atomic mass is 9.84. The lowest BCUT2D eigenvalue weighted by Gasteiger charge is -2.30. The number of ketones is 1. The van der Waals surface area contributed by atoms with Gasteiger partial charge in [0, 0.05) is 29.2 Å². The summed E-state index contributed by atoms with van der Waals surface area (Å²) < 4.78 is 6.05. The molecule has 0 saturated heterocycles. The average Bonchev–Trinajstić information content (AvgIpc) is 2.77. The molecule has 0 aliphatic heterocycles. The largest absolute Gasteiger partial charge is 0.375 e. The van der Waals surface area contributed by atoms with Crippen LogP contribution in [-0.2, 0) is 4.74 Å². The van der Waals surface area contributed by atoms with E-state index in [4.69, 9.17) is 4.74 Å². The molecular formula is C30H54N2O3. The molecule has 202 valence electrons. The van der Waals surface area contributed by atoms with Crippen LogP contribution in [0.15, 0.2) is 24.3 Å². The first-order valence-electron chi connectivity index (χ1n) is 13.5. The van der Waals surface area contributed by atoms with Crippen LogP contribution >= 0.6 is 0 Å². The van der Waals surface area contributed by atoms with Crippen LogP contribution in [0, 0.1) is 17.8 Å². The van der Waals surface area contributed by atoms with Gasteiger partial charge in [0.05, 0.1) is 5.60 Å². The minimum Gasteiger partial charge on any atom is -0.375 e. The molecule has 0 spiro atoms. The second-order valence-corrected chi connectivity index (χ2v) is 11.4. The lowest BCUT2D eigenvalue weighted by Crippen LogP contribution is -2.44. The van der Waals surface area contributed by atoms with Crippen molar-refractivity contribution < 1.29 is 14.3 Å². The highest BCUT2D eigenvalue weighted by atomic mass is 16.5. The van der Waals surface area contributed by atoms with Gasteiger partial charge < -0.3 is 15.4 Å². The SMILES string of the molecule is CC.CNCCC(C)(C)OCCC(C)(C)NC(=O)c1ccc(C(=O)C(CC(C)C)CC(C)C)cc1. The van der Waals surface area contributed by atoms with E-state index in [0.717, 1.165) is 25.8 Å². The van der Waals surface area contributed by atoms with E-state index in [9.17, 15) is 9.59 Å². The first kappa shape index (κ1) is 33.3. The number of amides is 1. The van der Waals surface area contributed by atoms with Gasteiger partial charge in [-0.1, -0.05) is 53.7 Å². The number of Topliss-reactive ketones (excluding diaryl/α,β-unsaturated/α-hetero) is 1. The fourth-order valence-electron chi connectivity index (χ4n) is 3.99. The summed E-state index contributed by atoms with van der Waals surface area (Å²) in [5, 5.41) is 6.26. The fraction of sp³-hybridized carbons (Fsp3) is 0.733. The van der Waals surface area contributed by atoms with E-state index in [2.05, 4.69) is 52.2 Å². The van der Waals surface area contributed by atoms with Crippen molar-refractivity contribution in [2.24, 2.45) is 17.8 Å². The first-order chi connectivity index (χ1) is 16.3. The van der Waals surface area contributed by atoms with Crippen molar-refractivity contribution in [2.45, 2.75) is 106 Å². The predicted molar refractivity (Wildman–Crippen MR) is 149 cm³/mol. The first-order valence-corrected chi connectivity index (χ1v) is 13.5. The minimum atomic E-state index is -0.399. The Labute approximate surface area is 216 Å². The van der Waals surface area contributed by atoms with Gasteiger partial charge in [-0.05, 0) is 90.9 Å². The molecule has 1 aromatic rings. The highest BCUT2D eigenvalue weighted by Gasteiger charge is 2.25. The maximum absolute atomic E-state index is 13.1. The molecular weight excluding hydrogens is 436 g/mol. The number of carbonyl (C=O) groups excluding carboxylic acids is 2. The van der Waals surface area contributed by atoms with Crippen LogP contribution in [0.3, 0.4) is 0 Å². The third kappa shape index (κ3) is 13.8. The van der Waals surface area contributed by atoms with E-state index in [-0.39, 0.29) is 23.2 Å². The third-order valence-electron chi connectivity index (χ3n) is 5.96. The van der Waals surface area contributed by atoms with Crippen molar-refractivity contribution in [1.29, 1.82) is 0 Å². The standard InChI is InChI=1S/C28H48N2O3.C2H6/c1-20(2)18-24(19-21(3)4)25(31)22-10-12-23(13-11-22)26(32)30-27(5,6)15-17-33-28(7,8)14-16-29-9;1-2/h10-13,20-21,24,29H,14-19H2,1-9H3,(H,30,32);1-2H3. The van der Waals surface area contributed by atoms with Crippen LogP contribution in [0.5, 0.6) is 0 Å². The van der Waals surface area contributed by atoms with Gasteiger partial charge in [-0.2, -0.15) is 0 Å². The van der Waals surface area contributed by atoms with Gasteiger partial charge in [-0.15, -0.1) is 0 Å². The molecule has 0 aliphatic rings. The quantitative estimate of drug-likeness (QED) is 0.262. The average molecular weight is 491 g/mol. The van der Waals surface area contributed by atoms with E-state index < -0.39 is 5.54 Å². The molecule has 0 fully saturated rings. The Morgan fingerprint density at radius 3 is 1.80 bits per heavy atom.